The van der Waals surface area contributed by atoms with Gasteiger partial charge in [-0.25, -0.2) is 0 Å². The maximum atomic E-state index is 9.64. The van der Waals surface area contributed by atoms with Gasteiger partial charge in [0.1, 0.15) is 0 Å². The van der Waals surface area contributed by atoms with Gasteiger partial charge in [-0.2, -0.15) is 0 Å². The van der Waals surface area contributed by atoms with Crippen LogP contribution in [-0.2, 0) is 0 Å². The zero-order valence-corrected chi connectivity index (χ0v) is 11.4. The SMILES string of the molecule is CC(C)O.CN(C)CC[C@@H](O)c1cccs1. The number of hydrogen-bond acceptors (Lipinski definition) is 4. The van der Waals surface area contributed by atoms with Gasteiger partial charge in [0.15, 0.2) is 0 Å². The molecular formula is C12H23NO2S. The molecule has 0 aromatic carbocycles. The Morgan fingerprint density at radius 1 is 1.31 bits per heavy atom. The molecule has 2 N–H and O–H groups in total. The fourth-order valence-electron chi connectivity index (χ4n) is 1.00. The molecule has 1 heterocycles. The minimum absolute atomic E-state index is 0.167. The van der Waals surface area contributed by atoms with Crippen LogP contribution in [0.25, 0.3) is 0 Å². The molecule has 0 aliphatic heterocycles. The van der Waals surface area contributed by atoms with Crippen molar-refractivity contribution in [2.24, 2.45) is 0 Å². The van der Waals surface area contributed by atoms with Gasteiger partial charge < -0.3 is 15.1 Å². The van der Waals surface area contributed by atoms with E-state index in [-0.39, 0.29) is 12.2 Å². The lowest BCUT2D eigenvalue weighted by molar-refractivity contribution is 0.158. The van der Waals surface area contributed by atoms with E-state index < -0.39 is 0 Å². The summed E-state index contributed by atoms with van der Waals surface area (Å²) in [6, 6.07) is 3.95. The van der Waals surface area contributed by atoms with Gasteiger partial charge >= 0.3 is 0 Å². The first kappa shape index (κ1) is 15.6. The third-order valence-corrected chi connectivity index (χ3v) is 2.69. The topological polar surface area (TPSA) is 43.7 Å². The Labute approximate surface area is 102 Å². The highest BCUT2D eigenvalue weighted by molar-refractivity contribution is 7.10. The van der Waals surface area contributed by atoms with Crippen molar-refractivity contribution in [1.29, 1.82) is 0 Å². The summed E-state index contributed by atoms with van der Waals surface area (Å²) in [5.41, 5.74) is 0. The summed E-state index contributed by atoms with van der Waals surface area (Å²) in [4.78, 5) is 3.15. The van der Waals surface area contributed by atoms with Gasteiger partial charge in [-0.15, -0.1) is 11.3 Å². The summed E-state index contributed by atoms with van der Waals surface area (Å²) >= 11 is 1.61. The minimum Gasteiger partial charge on any atom is -0.394 e. The normalized spacial score (nSPS) is 12.5. The van der Waals surface area contributed by atoms with E-state index in [0.717, 1.165) is 17.8 Å². The molecule has 0 radical (unpaired) electrons. The summed E-state index contributed by atoms with van der Waals surface area (Å²) in [5, 5.41) is 19.7. The van der Waals surface area contributed by atoms with Crippen molar-refractivity contribution in [2.45, 2.75) is 32.5 Å². The molecule has 1 rings (SSSR count). The average molecular weight is 245 g/mol. The van der Waals surface area contributed by atoms with E-state index >= 15 is 0 Å². The Hall–Kier alpha value is -0.420. The van der Waals surface area contributed by atoms with Crippen molar-refractivity contribution in [2.75, 3.05) is 20.6 Å². The van der Waals surface area contributed by atoms with Crippen LogP contribution in [0.2, 0.25) is 0 Å². The average Bonchev–Trinajstić information content (AvgIpc) is 2.65. The van der Waals surface area contributed by atoms with Crippen LogP contribution in [-0.4, -0.2) is 41.9 Å². The number of aliphatic hydroxyl groups excluding tert-OH is 2. The third kappa shape index (κ3) is 8.85. The molecule has 0 unspecified atom stereocenters. The Kier molecular flexibility index (Phi) is 8.47. The Morgan fingerprint density at radius 2 is 1.88 bits per heavy atom. The van der Waals surface area contributed by atoms with E-state index in [1.54, 1.807) is 25.2 Å². The van der Waals surface area contributed by atoms with Crippen LogP contribution < -0.4 is 0 Å². The molecule has 1 aromatic rings. The van der Waals surface area contributed by atoms with Gasteiger partial charge in [0, 0.05) is 17.5 Å². The number of rotatable bonds is 4. The highest BCUT2D eigenvalue weighted by atomic mass is 32.1. The van der Waals surface area contributed by atoms with E-state index in [1.165, 1.54) is 0 Å². The zero-order chi connectivity index (χ0) is 12.6. The van der Waals surface area contributed by atoms with Crippen LogP contribution in [0, 0.1) is 0 Å². The summed E-state index contributed by atoms with van der Waals surface area (Å²) in [6.07, 6.45) is 0.362. The molecule has 0 saturated carbocycles. The van der Waals surface area contributed by atoms with Gasteiger partial charge in [-0.1, -0.05) is 6.07 Å². The van der Waals surface area contributed by atoms with Crippen molar-refractivity contribution in [3.8, 4) is 0 Å². The van der Waals surface area contributed by atoms with Gasteiger partial charge in [0.05, 0.1) is 6.10 Å². The summed E-state index contributed by atoms with van der Waals surface area (Å²) in [7, 11) is 4.03. The molecule has 16 heavy (non-hydrogen) atoms. The van der Waals surface area contributed by atoms with Crippen LogP contribution in [0.4, 0.5) is 0 Å². The Morgan fingerprint density at radius 3 is 2.25 bits per heavy atom. The maximum absolute atomic E-state index is 9.64. The van der Waals surface area contributed by atoms with Crippen LogP contribution in [0.3, 0.4) is 0 Å². The van der Waals surface area contributed by atoms with Crippen molar-refractivity contribution in [1.82, 2.24) is 4.90 Å². The standard InChI is InChI=1S/C9H15NOS.C3H8O/c1-10(2)6-5-8(11)9-4-3-7-12-9;1-3(2)4/h3-4,7-8,11H,5-6H2,1-2H3;3-4H,1-2H3/t8-;/m1./s1. The Bertz CT molecular complexity index is 245. The summed E-state index contributed by atoms with van der Waals surface area (Å²) in [5.74, 6) is 0. The molecule has 0 aliphatic carbocycles. The first-order valence-electron chi connectivity index (χ1n) is 5.47. The molecule has 0 spiro atoms. The molecule has 3 nitrogen and oxygen atoms in total. The second-order valence-corrected chi connectivity index (χ2v) is 5.20. The molecule has 4 heteroatoms. The minimum atomic E-state index is -0.285. The van der Waals surface area contributed by atoms with Crippen LogP contribution >= 0.6 is 11.3 Å². The summed E-state index contributed by atoms with van der Waals surface area (Å²) < 4.78 is 0. The lowest BCUT2D eigenvalue weighted by Crippen LogP contribution is -2.15. The monoisotopic (exact) mass is 245 g/mol. The predicted octanol–water partition coefficient (Wildman–Crippen LogP) is 2.12. The fraction of sp³-hybridized carbons (Fsp3) is 0.667. The molecule has 0 bridgehead atoms. The Balaban J connectivity index is 0.000000487. The lowest BCUT2D eigenvalue weighted by Gasteiger charge is -2.12. The fourth-order valence-corrected chi connectivity index (χ4v) is 1.75. The van der Waals surface area contributed by atoms with E-state index in [2.05, 4.69) is 4.90 Å². The van der Waals surface area contributed by atoms with Gasteiger partial charge in [0.2, 0.25) is 0 Å². The van der Waals surface area contributed by atoms with Crippen molar-refractivity contribution < 1.29 is 10.2 Å². The highest BCUT2D eigenvalue weighted by Crippen LogP contribution is 2.21. The van der Waals surface area contributed by atoms with Crippen molar-refractivity contribution in [3.63, 3.8) is 0 Å². The third-order valence-electron chi connectivity index (χ3n) is 1.72. The maximum Gasteiger partial charge on any atom is 0.0894 e. The summed E-state index contributed by atoms with van der Waals surface area (Å²) in [6.45, 7) is 4.37. The molecular weight excluding hydrogens is 222 g/mol. The second-order valence-electron chi connectivity index (χ2n) is 4.22. The van der Waals surface area contributed by atoms with Crippen LogP contribution in [0.5, 0.6) is 0 Å². The molecule has 0 amide bonds. The molecule has 0 saturated heterocycles. The largest absolute Gasteiger partial charge is 0.394 e. The molecule has 94 valence electrons. The first-order valence-corrected chi connectivity index (χ1v) is 6.35. The number of aliphatic hydroxyl groups is 2. The van der Waals surface area contributed by atoms with Gasteiger partial charge in [-0.05, 0) is 45.8 Å². The molecule has 0 fully saturated rings. The highest BCUT2D eigenvalue weighted by Gasteiger charge is 2.07. The predicted molar refractivity (Wildman–Crippen MR) is 69.8 cm³/mol. The van der Waals surface area contributed by atoms with E-state index in [0.29, 0.717) is 0 Å². The molecule has 1 aromatic heterocycles. The number of hydrogen-bond donors (Lipinski definition) is 2. The number of thiophene rings is 1. The molecule has 1 atom stereocenters. The van der Waals surface area contributed by atoms with E-state index in [9.17, 15) is 5.11 Å². The van der Waals surface area contributed by atoms with Crippen LogP contribution in [0.15, 0.2) is 17.5 Å². The lowest BCUT2D eigenvalue weighted by atomic mass is 10.2. The van der Waals surface area contributed by atoms with Crippen molar-refractivity contribution in [3.05, 3.63) is 22.4 Å². The van der Waals surface area contributed by atoms with E-state index in [1.807, 2.05) is 31.6 Å². The smallest absolute Gasteiger partial charge is 0.0894 e. The number of nitrogens with zero attached hydrogens (tertiary/aromatic N) is 1. The quantitative estimate of drug-likeness (QED) is 0.854. The second kappa shape index (κ2) is 8.70. The van der Waals surface area contributed by atoms with E-state index in [4.69, 9.17) is 5.11 Å². The molecule has 0 aliphatic rings. The first-order chi connectivity index (χ1) is 7.43. The van der Waals surface area contributed by atoms with Gasteiger partial charge in [0.25, 0.3) is 0 Å². The van der Waals surface area contributed by atoms with Gasteiger partial charge in [-0.3, -0.25) is 0 Å². The van der Waals surface area contributed by atoms with Crippen LogP contribution in [0.1, 0.15) is 31.2 Å². The zero-order valence-electron chi connectivity index (χ0n) is 10.6. The van der Waals surface area contributed by atoms with Crippen molar-refractivity contribution >= 4 is 11.3 Å².